The van der Waals surface area contributed by atoms with E-state index in [0.717, 1.165) is 148 Å². The molecule has 1 atom stereocenters. The second-order valence-electron chi connectivity index (χ2n) is 22.7. The van der Waals surface area contributed by atoms with E-state index >= 15 is 4.39 Å². The van der Waals surface area contributed by atoms with Gasteiger partial charge in [-0.05, 0) is 119 Å². The van der Waals surface area contributed by atoms with E-state index in [1.807, 2.05) is 38.9 Å². The molecule has 0 spiro atoms. The van der Waals surface area contributed by atoms with Gasteiger partial charge in [0.2, 0.25) is 5.91 Å². The van der Waals surface area contributed by atoms with Gasteiger partial charge in [-0.25, -0.2) is 4.39 Å². The number of piperazine rings is 1. The summed E-state index contributed by atoms with van der Waals surface area (Å²) < 4.78 is 21.8. The van der Waals surface area contributed by atoms with Crippen molar-refractivity contribution < 1.29 is 19.0 Å². The lowest BCUT2D eigenvalue weighted by Gasteiger charge is -2.40. The number of benzene rings is 2. The molecule has 4 saturated heterocycles. The monoisotopic (exact) mass is 1010 g/mol. The van der Waals surface area contributed by atoms with Crippen molar-refractivity contribution in [1.29, 1.82) is 0 Å². The number of fused-ring (bicyclic) bond motifs is 2. The number of phenolic OH excluding ortho intramolecular Hbond substituents is 1. The Kier molecular flexibility index (Phi) is 16.3. The van der Waals surface area contributed by atoms with E-state index in [2.05, 4.69) is 76.0 Å². The summed E-state index contributed by atoms with van der Waals surface area (Å²) in [5.74, 6) is 4.65. The summed E-state index contributed by atoms with van der Waals surface area (Å²) in [6.45, 7) is 28.8. The molecule has 394 valence electrons. The lowest BCUT2D eigenvalue weighted by molar-refractivity contribution is -0.121. The Bertz CT molecular complexity index is 2810. The highest BCUT2D eigenvalue weighted by Gasteiger charge is 2.45. The molecule has 0 bridgehead atoms. The van der Waals surface area contributed by atoms with Crippen molar-refractivity contribution in [1.82, 2.24) is 30.1 Å². The minimum Gasteiger partial charge on any atom is -0.508 e. The van der Waals surface area contributed by atoms with Crippen LogP contribution in [0.5, 0.6) is 11.8 Å². The number of hydrogen-bond acceptors (Lipinski definition) is 11. The molecule has 1 unspecified atom stereocenters. The SMILES string of the molecule is C#CC1=C(F)CCc2cc(O)cc(-c3ncc4c(N5CCCCCC5)nc(OCC5(CN6CCN(CC7CCN(c8ccc(C)c(N(C)C(=O)C(C)C)c8)CC7)CC6)CC5)nc4c3C)c21.C=C1CCC(C)C(=C)N1. The van der Waals surface area contributed by atoms with Crippen molar-refractivity contribution in [2.75, 3.05) is 93.8 Å². The largest absolute Gasteiger partial charge is 0.508 e. The van der Waals surface area contributed by atoms with Crippen molar-refractivity contribution in [3.05, 3.63) is 89.2 Å². The van der Waals surface area contributed by atoms with Gasteiger partial charge < -0.3 is 39.7 Å². The number of phenols is 1. The fraction of sp³-hybridized carbons (Fsp3) is 0.541. The molecule has 2 aromatic carbocycles. The highest BCUT2D eigenvalue weighted by atomic mass is 19.1. The fourth-order valence-corrected chi connectivity index (χ4v) is 11.8. The highest BCUT2D eigenvalue weighted by molar-refractivity contribution is 5.98. The number of nitrogens with zero attached hydrogens (tertiary/aromatic N) is 8. The maximum atomic E-state index is 15.2. The van der Waals surface area contributed by atoms with Crippen LogP contribution < -0.4 is 24.8 Å². The van der Waals surface area contributed by atoms with Crippen LogP contribution in [0.3, 0.4) is 0 Å². The number of amides is 1. The van der Waals surface area contributed by atoms with Gasteiger partial charge in [0.1, 0.15) is 17.4 Å². The Labute approximate surface area is 440 Å². The first-order valence-electron chi connectivity index (χ1n) is 27.6. The molecule has 74 heavy (non-hydrogen) atoms. The third-order valence-electron chi connectivity index (χ3n) is 16.8. The van der Waals surface area contributed by atoms with Crippen molar-refractivity contribution in [3.8, 4) is 35.4 Å². The molecule has 4 aromatic rings. The summed E-state index contributed by atoms with van der Waals surface area (Å²) in [5.41, 5.74) is 10.1. The number of piperidine rings is 2. The second kappa shape index (κ2) is 22.9. The Hall–Kier alpha value is -5.97. The minimum atomic E-state index is -0.310. The summed E-state index contributed by atoms with van der Waals surface area (Å²) in [5, 5.41) is 14.8. The smallest absolute Gasteiger partial charge is 0.318 e. The molecule has 13 heteroatoms. The van der Waals surface area contributed by atoms with E-state index in [1.165, 1.54) is 37.8 Å². The number of ether oxygens (including phenoxy) is 1. The number of nitrogens with one attached hydrogen (secondary N) is 1. The highest BCUT2D eigenvalue weighted by Crippen LogP contribution is 2.47. The number of aromatic nitrogens is 3. The molecule has 2 N–H and O–H groups in total. The van der Waals surface area contributed by atoms with Crippen molar-refractivity contribution in [2.45, 2.75) is 112 Å². The number of hydrogen-bond donors (Lipinski definition) is 2. The summed E-state index contributed by atoms with van der Waals surface area (Å²) in [6, 6.07) is 10.3. The van der Waals surface area contributed by atoms with Crippen molar-refractivity contribution in [2.24, 2.45) is 23.2 Å². The van der Waals surface area contributed by atoms with Gasteiger partial charge >= 0.3 is 6.01 Å². The lowest BCUT2D eigenvalue weighted by atomic mass is 9.84. The molecule has 6 heterocycles. The predicted molar refractivity (Wildman–Crippen MR) is 299 cm³/mol. The average molecular weight is 1010 g/mol. The van der Waals surface area contributed by atoms with Gasteiger partial charge in [0, 0.05) is 136 Å². The van der Waals surface area contributed by atoms with Gasteiger partial charge in [0.25, 0.3) is 0 Å². The standard InChI is InChI=1S/C53H67FN8O3.C8H13N/c1-7-42-45(54)15-13-39-28-41(63)30-43(47(39)42)48-37(5)49-44(31-55-48)50(62-20-10-8-9-11-21-62)57-52(56-49)65-34-53(18-19-53)33-60-26-24-59(25-27-60)32-38-16-22-61(23-17-38)40-14-12-36(4)46(29-40)58(6)51(64)35(2)3;1-6-4-5-7(2)9-8(6)3/h1,12,14,28-31,35,38,63H,8-11,13,15-27,32-34H2,2-6H3;6,9H,2-5H2,1H3. The zero-order valence-corrected chi connectivity index (χ0v) is 45.2. The quantitative estimate of drug-likeness (QED) is 0.132. The van der Waals surface area contributed by atoms with E-state index in [4.69, 9.17) is 26.1 Å². The summed E-state index contributed by atoms with van der Waals surface area (Å²) in [6.07, 6.45) is 19.9. The average Bonchev–Trinajstić information content (AvgIpc) is 4.21. The second-order valence-corrected chi connectivity index (χ2v) is 22.7. The number of terminal acetylenes is 1. The van der Waals surface area contributed by atoms with Crippen molar-refractivity contribution in [3.63, 3.8) is 0 Å². The van der Waals surface area contributed by atoms with Crippen LogP contribution in [0.2, 0.25) is 0 Å². The van der Waals surface area contributed by atoms with E-state index in [-0.39, 0.29) is 40.8 Å². The predicted octanol–water partition coefficient (Wildman–Crippen LogP) is 11.0. The zero-order chi connectivity index (χ0) is 52.3. The number of carbonyl (C=O) groups excluding carboxylic acids is 1. The molecular formula is C61H80FN9O3. The van der Waals surface area contributed by atoms with Crippen LogP contribution in [-0.4, -0.2) is 115 Å². The minimum absolute atomic E-state index is 0.0360. The number of rotatable bonds is 12. The normalized spacial score (nSPS) is 20.6. The van der Waals surface area contributed by atoms with Crippen LogP contribution in [0.1, 0.15) is 114 Å². The molecule has 2 aliphatic carbocycles. The van der Waals surface area contributed by atoms with Gasteiger partial charge in [-0.2, -0.15) is 9.97 Å². The fourth-order valence-electron chi connectivity index (χ4n) is 11.8. The molecule has 10 rings (SSSR count). The molecule has 1 saturated carbocycles. The first-order chi connectivity index (χ1) is 35.6. The zero-order valence-electron chi connectivity index (χ0n) is 45.2. The molecular weight excluding hydrogens is 926 g/mol. The maximum absolute atomic E-state index is 15.2. The first-order valence-corrected chi connectivity index (χ1v) is 27.6. The molecule has 1 amide bonds. The summed E-state index contributed by atoms with van der Waals surface area (Å²) in [7, 11) is 1.90. The van der Waals surface area contributed by atoms with E-state index in [0.29, 0.717) is 47.7 Å². The van der Waals surface area contributed by atoms with Crippen molar-refractivity contribution >= 4 is 39.6 Å². The Morgan fingerprint density at radius 3 is 2.32 bits per heavy atom. The van der Waals surface area contributed by atoms with Crippen LogP contribution in [-0.2, 0) is 11.2 Å². The van der Waals surface area contributed by atoms with E-state index in [1.54, 1.807) is 12.1 Å². The molecule has 0 radical (unpaired) electrons. The summed E-state index contributed by atoms with van der Waals surface area (Å²) >= 11 is 0. The Morgan fingerprint density at radius 1 is 0.946 bits per heavy atom. The van der Waals surface area contributed by atoms with Crippen LogP contribution in [0.15, 0.2) is 66.9 Å². The molecule has 5 fully saturated rings. The number of carbonyl (C=O) groups is 1. The molecule has 4 aliphatic heterocycles. The van der Waals surface area contributed by atoms with E-state index < -0.39 is 0 Å². The molecule has 6 aliphatic rings. The number of aromatic hydroxyl groups is 1. The van der Waals surface area contributed by atoms with Gasteiger partial charge in [-0.3, -0.25) is 9.78 Å². The Morgan fingerprint density at radius 2 is 1.66 bits per heavy atom. The topological polar surface area (TPSA) is 113 Å². The first kappa shape index (κ1) is 52.9. The van der Waals surface area contributed by atoms with Crippen LogP contribution in [0.4, 0.5) is 21.6 Å². The molecule has 2 aromatic heterocycles. The van der Waals surface area contributed by atoms with Gasteiger partial charge in [0.05, 0.1) is 28.8 Å². The Balaban J connectivity index is 0.000000676. The summed E-state index contributed by atoms with van der Waals surface area (Å²) in [4.78, 5) is 39.9. The third kappa shape index (κ3) is 11.9. The van der Waals surface area contributed by atoms with Crippen LogP contribution in [0, 0.1) is 49.4 Å². The van der Waals surface area contributed by atoms with Gasteiger partial charge in [-0.15, -0.1) is 6.42 Å². The van der Waals surface area contributed by atoms with Crippen LogP contribution >= 0.6 is 0 Å². The van der Waals surface area contributed by atoms with Gasteiger partial charge in [0.15, 0.2) is 0 Å². The van der Waals surface area contributed by atoms with Gasteiger partial charge in [-0.1, -0.05) is 58.8 Å². The number of pyridine rings is 1. The number of anilines is 3. The number of aryl methyl sites for hydroxylation is 3. The molecule has 12 nitrogen and oxygen atoms in total. The van der Waals surface area contributed by atoms with Crippen LogP contribution in [0.25, 0.3) is 27.7 Å². The number of halogens is 1. The lowest BCUT2D eigenvalue weighted by Crippen LogP contribution is -2.50. The van der Waals surface area contributed by atoms with E-state index in [9.17, 15) is 9.90 Å². The number of allylic oxidation sites excluding steroid dienone is 4. The third-order valence-corrected chi connectivity index (χ3v) is 16.8. The maximum Gasteiger partial charge on any atom is 0.318 e.